The third kappa shape index (κ3) is 4.42. The summed E-state index contributed by atoms with van der Waals surface area (Å²) in [6.45, 7) is 0.585. The van der Waals surface area contributed by atoms with E-state index in [-0.39, 0.29) is 25.0 Å². The number of carbonyl (C=O) groups is 1. The van der Waals surface area contributed by atoms with Crippen LogP contribution in [0, 0.1) is 0 Å². The van der Waals surface area contributed by atoms with Crippen LogP contribution in [-0.2, 0) is 4.79 Å². The minimum Gasteiger partial charge on any atom is -0.396 e. The van der Waals surface area contributed by atoms with Crippen LogP contribution >= 0.6 is 0 Å². The van der Waals surface area contributed by atoms with Crippen LogP contribution in [-0.4, -0.2) is 24.2 Å². The molecule has 1 amide bonds. The Bertz CT molecular complexity index is 314. The van der Waals surface area contributed by atoms with Crippen LogP contribution in [0.15, 0.2) is 30.3 Å². The predicted octanol–water partition coefficient (Wildman–Crippen LogP) is 0.575. The second-order valence-corrected chi connectivity index (χ2v) is 3.65. The van der Waals surface area contributed by atoms with Crippen molar-refractivity contribution in [3.8, 4) is 0 Å². The Balaban J connectivity index is 2.34. The summed E-state index contributed by atoms with van der Waals surface area (Å²) in [6.07, 6.45) is 0.849. The number of carbonyl (C=O) groups excluding carboxylic acids is 1. The lowest BCUT2D eigenvalue weighted by Crippen LogP contribution is -2.28. The van der Waals surface area contributed by atoms with Gasteiger partial charge in [0, 0.05) is 25.6 Å². The summed E-state index contributed by atoms with van der Waals surface area (Å²) in [4.78, 5) is 11.4. The molecular weight excluding hydrogens is 204 g/mol. The third-order valence-corrected chi connectivity index (χ3v) is 2.29. The van der Waals surface area contributed by atoms with Crippen molar-refractivity contribution in [2.75, 3.05) is 13.2 Å². The predicted molar refractivity (Wildman–Crippen MR) is 62.7 cm³/mol. The van der Waals surface area contributed by atoms with Gasteiger partial charge >= 0.3 is 0 Å². The van der Waals surface area contributed by atoms with Crippen LogP contribution in [0.3, 0.4) is 0 Å². The zero-order chi connectivity index (χ0) is 11.8. The Labute approximate surface area is 95.5 Å². The first-order chi connectivity index (χ1) is 7.74. The first-order valence-electron chi connectivity index (χ1n) is 5.42. The molecule has 0 aliphatic heterocycles. The summed E-state index contributed by atoms with van der Waals surface area (Å²) in [5.41, 5.74) is 6.85. The molecule has 0 spiro atoms. The first-order valence-corrected chi connectivity index (χ1v) is 5.42. The van der Waals surface area contributed by atoms with E-state index in [0.717, 1.165) is 5.56 Å². The van der Waals surface area contributed by atoms with Crippen LogP contribution in [0.4, 0.5) is 0 Å². The maximum Gasteiger partial charge on any atom is 0.221 e. The Hall–Kier alpha value is -1.39. The summed E-state index contributed by atoms with van der Waals surface area (Å²) in [5.74, 6) is -0.0789. The van der Waals surface area contributed by atoms with Gasteiger partial charge in [-0.1, -0.05) is 30.3 Å². The Morgan fingerprint density at radius 3 is 2.69 bits per heavy atom. The molecule has 0 unspecified atom stereocenters. The molecule has 4 nitrogen and oxygen atoms in total. The molecule has 1 aromatic carbocycles. The SMILES string of the molecule is N[C@H](CC(=O)NCCCO)c1ccccc1. The average molecular weight is 222 g/mol. The van der Waals surface area contributed by atoms with Crippen molar-refractivity contribution in [2.24, 2.45) is 5.73 Å². The largest absolute Gasteiger partial charge is 0.396 e. The number of nitrogens with two attached hydrogens (primary N) is 1. The van der Waals surface area contributed by atoms with Crippen molar-refractivity contribution in [2.45, 2.75) is 18.9 Å². The topological polar surface area (TPSA) is 75.4 Å². The van der Waals surface area contributed by atoms with E-state index >= 15 is 0 Å². The smallest absolute Gasteiger partial charge is 0.221 e. The van der Waals surface area contributed by atoms with Gasteiger partial charge in [-0.05, 0) is 12.0 Å². The zero-order valence-corrected chi connectivity index (χ0v) is 9.23. The van der Waals surface area contributed by atoms with Gasteiger partial charge in [0.05, 0.1) is 0 Å². The van der Waals surface area contributed by atoms with Crippen molar-refractivity contribution in [1.82, 2.24) is 5.32 Å². The van der Waals surface area contributed by atoms with Crippen LogP contribution in [0.1, 0.15) is 24.4 Å². The lowest BCUT2D eigenvalue weighted by molar-refractivity contribution is -0.121. The number of nitrogens with one attached hydrogen (secondary N) is 1. The highest BCUT2D eigenvalue weighted by Gasteiger charge is 2.10. The molecule has 0 heterocycles. The maximum atomic E-state index is 11.4. The molecule has 0 aromatic heterocycles. The summed E-state index contributed by atoms with van der Waals surface area (Å²) in [7, 11) is 0. The fraction of sp³-hybridized carbons (Fsp3) is 0.417. The normalized spacial score (nSPS) is 12.1. The molecule has 0 aliphatic carbocycles. The van der Waals surface area contributed by atoms with Crippen molar-refractivity contribution >= 4 is 5.91 Å². The van der Waals surface area contributed by atoms with E-state index in [1.165, 1.54) is 0 Å². The van der Waals surface area contributed by atoms with E-state index in [1.54, 1.807) is 0 Å². The van der Waals surface area contributed by atoms with E-state index in [0.29, 0.717) is 13.0 Å². The van der Waals surface area contributed by atoms with Gasteiger partial charge in [0.25, 0.3) is 0 Å². The van der Waals surface area contributed by atoms with Gasteiger partial charge in [-0.15, -0.1) is 0 Å². The molecule has 4 heteroatoms. The van der Waals surface area contributed by atoms with Crippen LogP contribution < -0.4 is 11.1 Å². The summed E-state index contributed by atoms with van der Waals surface area (Å²) in [6, 6.07) is 9.27. The molecule has 0 saturated carbocycles. The number of aliphatic hydroxyl groups excluding tert-OH is 1. The van der Waals surface area contributed by atoms with Gasteiger partial charge in [0.2, 0.25) is 5.91 Å². The molecule has 0 fully saturated rings. The molecule has 1 atom stereocenters. The fourth-order valence-electron chi connectivity index (χ4n) is 1.40. The molecule has 16 heavy (non-hydrogen) atoms. The van der Waals surface area contributed by atoms with Crippen molar-refractivity contribution in [3.05, 3.63) is 35.9 Å². The van der Waals surface area contributed by atoms with Gasteiger partial charge in [0.1, 0.15) is 0 Å². The number of hydrogen-bond acceptors (Lipinski definition) is 3. The number of benzene rings is 1. The quantitative estimate of drug-likeness (QED) is 0.616. The van der Waals surface area contributed by atoms with Gasteiger partial charge in [0.15, 0.2) is 0 Å². The minimum atomic E-state index is -0.268. The highest BCUT2D eigenvalue weighted by molar-refractivity contribution is 5.76. The highest BCUT2D eigenvalue weighted by Crippen LogP contribution is 2.12. The monoisotopic (exact) mass is 222 g/mol. The molecule has 0 bridgehead atoms. The first kappa shape index (κ1) is 12.7. The maximum absolute atomic E-state index is 11.4. The highest BCUT2D eigenvalue weighted by atomic mass is 16.3. The van der Waals surface area contributed by atoms with E-state index in [9.17, 15) is 4.79 Å². The second-order valence-electron chi connectivity index (χ2n) is 3.65. The molecule has 0 aliphatic rings. The Kier molecular flexibility index (Phi) is 5.53. The molecular formula is C12H18N2O2. The molecule has 4 N–H and O–H groups in total. The molecule has 1 aromatic rings. The van der Waals surface area contributed by atoms with Gasteiger partial charge in [-0.25, -0.2) is 0 Å². The molecule has 88 valence electrons. The summed E-state index contributed by atoms with van der Waals surface area (Å²) < 4.78 is 0. The van der Waals surface area contributed by atoms with Crippen molar-refractivity contribution in [3.63, 3.8) is 0 Å². The standard InChI is InChI=1S/C12H18N2O2/c13-11(10-5-2-1-3-6-10)9-12(16)14-7-4-8-15/h1-3,5-6,11,15H,4,7-9,13H2,(H,14,16)/t11-/m1/s1. The zero-order valence-electron chi connectivity index (χ0n) is 9.23. The molecule has 1 rings (SSSR count). The lowest BCUT2D eigenvalue weighted by atomic mass is 10.0. The molecule has 0 radical (unpaired) electrons. The van der Waals surface area contributed by atoms with Crippen LogP contribution in [0.5, 0.6) is 0 Å². The lowest BCUT2D eigenvalue weighted by Gasteiger charge is -2.11. The van der Waals surface area contributed by atoms with Crippen LogP contribution in [0.2, 0.25) is 0 Å². The van der Waals surface area contributed by atoms with E-state index in [2.05, 4.69) is 5.32 Å². The van der Waals surface area contributed by atoms with E-state index in [1.807, 2.05) is 30.3 Å². The number of rotatable bonds is 6. The Morgan fingerprint density at radius 2 is 2.06 bits per heavy atom. The van der Waals surface area contributed by atoms with E-state index < -0.39 is 0 Å². The average Bonchev–Trinajstić information content (AvgIpc) is 2.30. The van der Waals surface area contributed by atoms with Crippen molar-refractivity contribution in [1.29, 1.82) is 0 Å². The van der Waals surface area contributed by atoms with Gasteiger partial charge in [-0.3, -0.25) is 4.79 Å². The van der Waals surface area contributed by atoms with Crippen molar-refractivity contribution < 1.29 is 9.90 Å². The van der Waals surface area contributed by atoms with Gasteiger partial charge in [-0.2, -0.15) is 0 Å². The number of hydrogen-bond donors (Lipinski definition) is 3. The van der Waals surface area contributed by atoms with Crippen LogP contribution in [0.25, 0.3) is 0 Å². The fourth-order valence-corrected chi connectivity index (χ4v) is 1.40. The van der Waals surface area contributed by atoms with E-state index in [4.69, 9.17) is 10.8 Å². The minimum absolute atomic E-state index is 0.0789. The second kappa shape index (κ2) is 6.98. The van der Waals surface area contributed by atoms with Gasteiger partial charge < -0.3 is 16.2 Å². The molecule has 0 saturated heterocycles. The third-order valence-electron chi connectivity index (χ3n) is 2.29. The number of aliphatic hydroxyl groups is 1. The summed E-state index contributed by atoms with van der Waals surface area (Å²) in [5, 5.41) is 11.3. The number of amides is 1. The Morgan fingerprint density at radius 1 is 1.38 bits per heavy atom. The summed E-state index contributed by atoms with van der Waals surface area (Å²) >= 11 is 0.